The standard InChI is InChI=1S/C12H18N2O2S/c1-4-5-6-10(2)14-11-7-8-12(13-9-11)17(3,15)16/h4,7-10,14H,1,5-6H2,2-3H3. The van der Waals surface area contributed by atoms with Gasteiger partial charge < -0.3 is 5.32 Å². The summed E-state index contributed by atoms with van der Waals surface area (Å²) < 4.78 is 22.4. The summed E-state index contributed by atoms with van der Waals surface area (Å²) in [4.78, 5) is 3.91. The highest BCUT2D eigenvalue weighted by atomic mass is 32.2. The Kier molecular flexibility index (Phi) is 4.69. The molecule has 0 radical (unpaired) electrons. The van der Waals surface area contributed by atoms with Crippen LogP contribution in [0.5, 0.6) is 0 Å². The summed E-state index contributed by atoms with van der Waals surface area (Å²) in [6, 6.07) is 3.55. The number of allylic oxidation sites excluding steroid dienone is 1. The van der Waals surface area contributed by atoms with Crippen LogP contribution in [0.3, 0.4) is 0 Å². The van der Waals surface area contributed by atoms with E-state index in [9.17, 15) is 8.42 Å². The maximum atomic E-state index is 11.2. The van der Waals surface area contributed by atoms with E-state index in [0.717, 1.165) is 24.8 Å². The molecule has 0 aliphatic rings. The van der Waals surface area contributed by atoms with Gasteiger partial charge in [0.05, 0.1) is 11.9 Å². The van der Waals surface area contributed by atoms with Crippen LogP contribution in [0.2, 0.25) is 0 Å². The number of nitrogens with zero attached hydrogens (tertiary/aromatic N) is 1. The predicted octanol–water partition coefficient (Wildman–Crippen LogP) is 2.25. The first-order valence-corrected chi connectivity index (χ1v) is 7.36. The fourth-order valence-electron chi connectivity index (χ4n) is 1.41. The number of hydrogen-bond donors (Lipinski definition) is 1. The van der Waals surface area contributed by atoms with E-state index in [1.54, 1.807) is 12.3 Å². The molecule has 0 aliphatic carbocycles. The summed E-state index contributed by atoms with van der Waals surface area (Å²) in [5, 5.41) is 3.35. The van der Waals surface area contributed by atoms with Crippen LogP contribution < -0.4 is 5.32 Å². The normalized spacial score (nSPS) is 13.1. The Labute approximate surface area is 103 Å². The lowest BCUT2D eigenvalue weighted by Gasteiger charge is -2.13. The van der Waals surface area contributed by atoms with Gasteiger partial charge in [-0.15, -0.1) is 6.58 Å². The summed E-state index contributed by atoms with van der Waals surface area (Å²) in [5.74, 6) is 0. The topological polar surface area (TPSA) is 59.1 Å². The number of sulfone groups is 1. The molecule has 1 N–H and O–H groups in total. The molecule has 1 rings (SSSR count). The van der Waals surface area contributed by atoms with Crippen LogP contribution >= 0.6 is 0 Å². The molecule has 1 heterocycles. The first-order valence-electron chi connectivity index (χ1n) is 5.47. The van der Waals surface area contributed by atoms with Gasteiger partial charge in [0.2, 0.25) is 0 Å². The van der Waals surface area contributed by atoms with Gasteiger partial charge in [-0.3, -0.25) is 0 Å². The third kappa shape index (κ3) is 4.56. The Morgan fingerprint density at radius 1 is 1.53 bits per heavy atom. The summed E-state index contributed by atoms with van der Waals surface area (Å²) >= 11 is 0. The molecule has 0 bridgehead atoms. The minimum atomic E-state index is -3.21. The van der Waals surface area contributed by atoms with Gasteiger partial charge in [0, 0.05) is 12.3 Å². The van der Waals surface area contributed by atoms with Crippen LogP contribution in [0.4, 0.5) is 5.69 Å². The highest BCUT2D eigenvalue weighted by Gasteiger charge is 2.08. The van der Waals surface area contributed by atoms with E-state index in [0.29, 0.717) is 6.04 Å². The van der Waals surface area contributed by atoms with Crippen molar-refractivity contribution in [2.24, 2.45) is 0 Å². The third-order valence-corrected chi connectivity index (χ3v) is 3.33. The van der Waals surface area contributed by atoms with Gasteiger partial charge in [-0.2, -0.15) is 0 Å². The van der Waals surface area contributed by atoms with Crippen LogP contribution in [0.15, 0.2) is 36.0 Å². The van der Waals surface area contributed by atoms with Crippen molar-refractivity contribution in [2.45, 2.75) is 30.8 Å². The molecule has 1 aromatic heterocycles. The molecule has 0 saturated heterocycles. The number of rotatable bonds is 6. The van der Waals surface area contributed by atoms with Crippen LogP contribution in [0.25, 0.3) is 0 Å². The lowest BCUT2D eigenvalue weighted by molar-refractivity contribution is 0.598. The van der Waals surface area contributed by atoms with E-state index in [1.165, 1.54) is 6.07 Å². The molecule has 0 amide bonds. The summed E-state index contributed by atoms with van der Waals surface area (Å²) in [7, 11) is -3.21. The Morgan fingerprint density at radius 2 is 2.24 bits per heavy atom. The Hall–Kier alpha value is -1.36. The minimum Gasteiger partial charge on any atom is -0.381 e. The van der Waals surface area contributed by atoms with Crippen LogP contribution in [-0.4, -0.2) is 25.7 Å². The van der Waals surface area contributed by atoms with E-state index in [4.69, 9.17) is 0 Å². The maximum absolute atomic E-state index is 11.2. The van der Waals surface area contributed by atoms with Crippen molar-refractivity contribution in [1.29, 1.82) is 0 Å². The SMILES string of the molecule is C=CCCC(C)Nc1ccc(S(C)(=O)=O)nc1. The van der Waals surface area contributed by atoms with E-state index >= 15 is 0 Å². The summed E-state index contributed by atoms with van der Waals surface area (Å²) in [6.07, 6.45) is 6.50. The molecule has 4 nitrogen and oxygen atoms in total. The number of pyridine rings is 1. The zero-order chi connectivity index (χ0) is 12.9. The van der Waals surface area contributed by atoms with E-state index in [-0.39, 0.29) is 5.03 Å². The first-order chi connectivity index (χ1) is 7.93. The lowest BCUT2D eigenvalue weighted by Crippen LogP contribution is -2.14. The zero-order valence-corrected chi connectivity index (χ0v) is 11.0. The Balaban J connectivity index is 2.65. The second-order valence-electron chi connectivity index (χ2n) is 4.07. The van der Waals surface area contributed by atoms with Gasteiger partial charge in [0.25, 0.3) is 0 Å². The Bertz CT molecular complexity index is 466. The van der Waals surface area contributed by atoms with Crippen LogP contribution in [-0.2, 0) is 9.84 Å². The lowest BCUT2D eigenvalue weighted by atomic mass is 10.2. The van der Waals surface area contributed by atoms with Crippen LogP contribution in [0.1, 0.15) is 19.8 Å². The number of anilines is 1. The summed E-state index contributed by atoms with van der Waals surface area (Å²) in [6.45, 7) is 5.73. The maximum Gasteiger partial charge on any atom is 0.192 e. The predicted molar refractivity (Wildman–Crippen MR) is 69.9 cm³/mol. The number of aromatic nitrogens is 1. The van der Waals surface area contributed by atoms with E-state index < -0.39 is 9.84 Å². The summed E-state index contributed by atoms with van der Waals surface area (Å²) in [5.41, 5.74) is 0.828. The quantitative estimate of drug-likeness (QED) is 0.791. The van der Waals surface area contributed by atoms with Crippen molar-refractivity contribution >= 4 is 15.5 Å². The molecule has 17 heavy (non-hydrogen) atoms. The molecule has 0 aromatic carbocycles. The molecule has 0 aliphatic heterocycles. The monoisotopic (exact) mass is 254 g/mol. The number of nitrogens with one attached hydrogen (secondary N) is 1. The Morgan fingerprint density at radius 3 is 2.71 bits per heavy atom. The van der Waals surface area contributed by atoms with Crippen molar-refractivity contribution in [3.63, 3.8) is 0 Å². The second-order valence-corrected chi connectivity index (χ2v) is 6.03. The number of hydrogen-bond acceptors (Lipinski definition) is 4. The van der Waals surface area contributed by atoms with Gasteiger partial charge in [0.15, 0.2) is 14.9 Å². The zero-order valence-electron chi connectivity index (χ0n) is 10.2. The highest BCUT2D eigenvalue weighted by molar-refractivity contribution is 7.90. The van der Waals surface area contributed by atoms with Gasteiger partial charge in [-0.25, -0.2) is 13.4 Å². The van der Waals surface area contributed by atoms with Crippen molar-refractivity contribution in [3.8, 4) is 0 Å². The van der Waals surface area contributed by atoms with Gasteiger partial charge >= 0.3 is 0 Å². The fourth-order valence-corrected chi connectivity index (χ4v) is 1.97. The molecule has 0 spiro atoms. The van der Waals surface area contributed by atoms with Gasteiger partial charge in [0.1, 0.15) is 0 Å². The molecular weight excluding hydrogens is 236 g/mol. The third-order valence-electron chi connectivity index (χ3n) is 2.33. The van der Waals surface area contributed by atoms with Crippen molar-refractivity contribution in [3.05, 3.63) is 31.0 Å². The second kappa shape index (κ2) is 5.82. The molecule has 94 valence electrons. The highest BCUT2D eigenvalue weighted by Crippen LogP contribution is 2.12. The van der Waals surface area contributed by atoms with Crippen molar-refractivity contribution in [1.82, 2.24) is 4.98 Å². The molecule has 1 aromatic rings. The molecule has 0 fully saturated rings. The smallest absolute Gasteiger partial charge is 0.192 e. The molecule has 5 heteroatoms. The minimum absolute atomic E-state index is 0.0989. The largest absolute Gasteiger partial charge is 0.381 e. The molecule has 1 atom stereocenters. The fraction of sp³-hybridized carbons (Fsp3) is 0.417. The van der Waals surface area contributed by atoms with E-state index in [2.05, 4.69) is 23.8 Å². The van der Waals surface area contributed by atoms with E-state index in [1.807, 2.05) is 6.08 Å². The van der Waals surface area contributed by atoms with Crippen molar-refractivity contribution in [2.75, 3.05) is 11.6 Å². The average molecular weight is 254 g/mol. The molecule has 1 unspecified atom stereocenters. The average Bonchev–Trinajstić information content (AvgIpc) is 2.26. The van der Waals surface area contributed by atoms with Crippen molar-refractivity contribution < 1.29 is 8.42 Å². The van der Waals surface area contributed by atoms with Crippen LogP contribution in [0, 0.1) is 0 Å². The van der Waals surface area contributed by atoms with Gasteiger partial charge in [-0.1, -0.05) is 6.08 Å². The molecule has 0 saturated carbocycles. The molecular formula is C12H18N2O2S. The van der Waals surface area contributed by atoms with Gasteiger partial charge in [-0.05, 0) is 31.9 Å². The first kappa shape index (κ1) is 13.7.